The zero-order valence-corrected chi connectivity index (χ0v) is 13.7. The average molecular weight is 320 g/mol. The van der Waals surface area contributed by atoms with Gasteiger partial charge in [0.25, 0.3) is 0 Å². The van der Waals surface area contributed by atoms with Gasteiger partial charge in [0.05, 0.1) is 6.10 Å². The van der Waals surface area contributed by atoms with Crippen LogP contribution < -0.4 is 5.32 Å². The normalized spacial score (nSPS) is 31.9. The van der Waals surface area contributed by atoms with Crippen molar-refractivity contribution in [3.05, 3.63) is 22.4 Å². The summed E-state index contributed by atoms with van der Waals surface area (Å²) in [4.78, 5) is 14.7. The predicted octanol–water partition coefficient (Wildman–Crippen LogP) is 2.40. The van der Waals surface area contributed by atoms with Gasteiger partial charge < -0.3 is 10.1 Å². The van der Waals surface area contributed by atoms with Crippen molar-refractivity contribution in [1.29, 1.82) is 0 Å². The minimum absolute atomic E-state index is 0.113. The molecule has 1 N–H and O–H groups in total. The summed E-state index contributed by atoms with van der Waals surface area (Å²) in [6.07, 6.45) is 5.56. The number of hydrogen-bond acceptors (Lipinski definition) is 4. The monoisotopic (exact) mass is 320 g/mol. The van der Waals surface area contributed by atoms with Crippen molar-refractivity contribution < 1.29 is 9.53 Å². The second-order valence-electron chi connectivity index (χ2n) is 6.89. The first-order valence-corrected chi connectivity index (χ1v) is 9.42. The van der Waals surface area contributed by atoms with Crippen molar-refractivity contribution in [2.24, 2.45) is 5.92 Å². The van der Waals surface area contributed by atoms with Crippen LogP contribution in [0.15, 0.2) is 16.8 Å². The smallest absolute Gasteiger partial charge is 0.249 e. The molecule has 0 unspecified atom stereocenters. The number of hydrogen-bond donors (Lipinski definition) is 1. The van der Waals surface area contributed by atoms with E-state index in [-0.39, 0.29) is 18.1 Å². The molecule has 0 aromatic carbocycles. The number of carbonyl (C=O) groups is 1. The van der Waals surface area contributed by atoms with Gasteiger partial charge in [-0.2, -0.15) is 11.3 Å². The molecule has 120 valence electrons. The number of rotatable bonds is 5. The molecule has 2 aliphatic heterocycles. The Kier molecular flexibility index (Phi) is 4.20. The third-order valence-electron chi connectivity index (χ3n) is 5.18. The SMILES string of the molecule is O=C(NCC1CC1)[C@@H]1CC[C@@H]2[C@@H](CCN2Cc2ccsc2)O1. The van der Waals surface area contributed by atoms with Crippen molar-refractivity contribution >= 4 is 17.2 Å². The first kappa shape index (κ1) is 14.7. The van der Waals surface area contributed by atoms with Crippen molar-refractivity contribution in [1.82, 2.24) is 10.2 Å². The van der Waals surface area contributed by atoms with Crippen molar-refractivity contribution in [2.75, 3.05) is 13.1 Å². The Morgan fingerprint density at radius 3 is 3.00 bits per heavy atom. The quantitative estimate of drug-likeness (QED) is 0.906. The first-order chi connectivity index (χ1) is 10.8. The molecule has 3 atom stereocenters. The fraction of sp³-hybridized carbons (Fsp3) is 0.706. The van der Waals surface area contributed by atoms with Gasteiger partial charge >= 0.3 is 0 Å². The molecule has 0 bridgehead atoms. The number of amides is 1. The molecule has 4 rings (SSSR count). The second-order valence-corrected chi connectivity index (χ2v) is 7.67. The fourth-order valence-corrected chi connectivity index (χ4v) is 4.36. The Balaban J connectivity index is 1.30. The van der Waals surface area contributed by atoms with E-state index in [1.807, 2.05) is 0 Å². The molecular weight excluding hydrogens is 296 g/mol. The molecule has 4 nitrogen and oxygen atoms in total. The lowest BCUT2D eigenvalue weighted by Gasteiger charge is -2.35. The molecule has 1 aliphatic carbocycles. The van der Waals surface area contributed by atoms with Crippen molar-refractivity contribution in [2.45, 2.75) is 56.9 Å². The maximum absolute atomic E-state index is 12.2. The van der Waals surface area contributed by atoms with Crippen LogP contribution in [0.4, 0.5) is 0 Å². The Bertz CT molecular complexity index is 515. The molecule has 22 heavy (non-hydrogen) atoms. The van der Waals surface area contributed by atoms with E-state index in [2.05, 4.69) is 27.0 Å². The van der Waals surface area contributed by atoms with Crippen LogP contribution in [0.2, 0.25) is 0 Å². The molecular formula is C17H24N2O2S. The van der Waals surface area contributed by atoms with E-state index in [1.54, 1.807) is 11.3 Å². The molecule has 0 radical (unpaired) electrons. The third-order valence-corrected chi connectivity index (χ3v) is 5.91. The van der Waals surface area contributed by atoms with E-state index in [0.717, 1.165) is 44.8 Å². The molecule has 2 saturated heterocycles. The topological polar surface area (TPSA) is 41.6 Å². The summed E-state index contributed by atoms with van der Waals surface area (Å²) in [5, 5.41) is 7.43. The highest BCUT2D eigenvalue weighted by Gasteiger charge is 2.41. The Morgan fingerprint density at radius 2 is 2.23 bits per heavy atom. The van der Waals surface area contributed by atoms with Gasteiger partial charge in [-0.3, -0.25) is 9.69 Å². The van der Waals surface area contributed by atoms with Gasteiger partial charge in [0.15, 0.2) is 0 Å². The summed E-state index contributed by atoms with van der Waals surface area (Å²) in [7, 11) is 0. The number of fused-ring (bicyclic) bond motifs is 1. The maximum Gasteiger partial charge on any atom is 0.249 e. The summed E-state index contributed by atoms with van der Waals surface area (Å²) in [6, 6.07) is 2.70. The van der Waals surface area contributed by atoms with E-state index in [9.17, 15) is 4.79 Å². The molecule has 3 aliphatic rings. The highest BCUT2D eigenvalue weighted by atomic mass is 32.1. The van der Waals surface area contributed by atoms with Crippen LogP contribution in [0.1, 0.15) is 37.7 Å². The van der Waals surface area contributed by atoms with Crippen LogP contribution in [0.3, 0.4) is 0 Å². The van der Waals surface area contributed by atoms with Gasteiger partial charge in [-0.1, -0.05) is 0 Å². The number of ether oxygens (including phenoxy) is 1. The standard InChI is InChI=1S/C17H24N2O2S/c20-17(18-9-12-1-2-12)16-4-3-14-15(21-16)5-7-19(14)10-13-6-8-22-11-13/h6,8,11-12,14-16H,1-5,7,9-10H2,(H,18,20)/t14-,15-,16+/m1/s1. The van der Waals surface area contributed by atoms with Gasteiger partial charge in [0.1, 0.15) is 6.10 Å². The molecule has 3 heterocycles. The molecule has 1 saturated carbocycles. The molecule has 0 spiro atoms. The summed E-state index contributed by atoms with van der Waals surface area (Å²) in [5.74, 6) is 0.842. The van der Waals surface area contributed by atoms with Crippen LogP contribution in [-0.4, -0.2) is 42.1 Å². The van der Waals surface area contributed by atoms with E-state index in [1.165, 1.54) is 18.4 Å². The third kappa shape index (κ3) is 3.21. The summed E-state index contributed by atoms with van der Waals surface area (Å²) < 4.78 is 6.12. The number of thiophene rings is 1. The van der Waals surface area contributed by atoms with Gasteiger partial charge in [0.2, 0.25) is 5.91 Å². The highest BCUT2D eigenvalue weighted by molar-refractivity contribution is 7.07. The van der Waals surface area contributed by atoms with E-state index in [4.69, 9.17) is 4.74 Å². The highest BCUT2D eigenvalue weighted by Crippen LogP contribution is 2.33. The molecule has 1 aromatic rings. The van der Waals surface area contributed by atoms with Crippen LogP contribution >= 0.6 is 11.3 Å². The fourth-order valence-electron chi connectivity index (χ4n) is 3.70. The van der Waals surface area contributed by atoms with Crippen LogP contribution in [0, 0.1) is 5.92 Å². The Hall–Kier alpha value is -0.910. The largest absolute Gasteiger partial charge is 0.363 e. The van der Waals surface area contributed by atoms with E-state index >= 15 is 0 Å². The molecule has 1 amide bonds. The van der Waals surface area contributed by atoms with Crippen LogP contribution in [-0.2, 0) is 16.1 Å². The number of likely N-dealkylation sites (tertiary alicyclic amines) is 1. The minimum atomic E-state index is -0.221. The number of nitrogens with one attached hydrogen (secondary N) is 1. The zero-order chi connectivity index (χ0) is 14.9. The maximum atomic E-state index is 12.2. The van der Waals surface area contributed by atoms with Crippen LogP contribution in [0.5, 0.6) is 0 Å². The summed E-state index contributed by atoms with van der Waals surface area (Å²) in [5.41, 5.74) is 1.40. The lowest BCUT2D eigenvalue weighted by atomic mass is 9.98. The Morgan fingerprint density at radius 1 is 1.32 bits per heavy atom. The minimum Gasteiger partial charge on any atom is -0.363 e. The van der Waals surface area contributed by atoms with Crippen molar-refractivity contribution in [3.63, 3.8) is 0 Å². The van der Waals surface area contributed by atoms with Gasteiger partial charge in [-0.25, -0.2) is 0 Å². The lowest BCUT2D eigenvalue weighted by Crippen LogP contribution is -2.47. The van der Waals surface area contributed by atoms with Crippen molar-refractivity contribution in [3.8, 4) is 0 Å². The van der Waals surface area contributed by atoms with E-state index in [0.29, 0.717) is 6.04 Å². The second kappa shape index (κ2) is 6.30. The van der Waals surface area contributed by atoms with Gasteiger partial charge in [0, 0.05) is 25.7 Å². The molecule has 5 heteroatoms. The van der Waals surface area contributed by atoms with Gasteiger partial charge in [-0.05, 0) is 60.4 Å². The van der Waals surface area contributed by atoms with Gasteiger partial charge in [-0.15, -0.1) is 0 Å². The Labute approximate surface area is 135 Å². The van der Waals surface area contributed by atoms with Crippen LogP contribution in [0.25, 0.3) is 0 Å². The molecule has 1 aromatic heterocycles. The van der Waals surface area contributed by atoms with E-state index < -0.39 is 0 Å². The predicted molar refractivity (Wildman–Crippen MR) is 86.8 cm³/mol. The molecule has 3 fully saturated rings. The summed E-state index contributed by atoms with van der Waals surface area (Å²) in [6.45, 7) is 2.95. The zero-order valence-electron chi connectivity index (χ0n) is 12.9. The lowest BCUT2D eigenvalue weighted by molar-refractivity contribution is -0.144. The summed E-state index contributed by atoms with van der Waals surface area (Å²) >= 11 is 1.76. The number of nitrogens with zero attached hydrogens (tertiary/aromatic N) is 1. The average Bonchev–Trinajstić information content (AvgIpc) is 3.07. The number of carbonyl (C=O) groups excluding carboxylic acids is 1. The first-order valence-electron chi connectivity index (χ1n) is 8.48.